The highest BCUT2D eigenvalue weighted by atomic mass is 19.2. The number of nitrogens with zero attached hydrogens (tertiary/aromatic N) is 2. The number of hydrogen-bond donors (Lipinski definition) is 1. The number of carbonyl (C=O) groups excluding carboxylic acids is 1. The van der Waals surface area contributed by atoms with Gasteiger partial charge in [0, 0.05) is 19.4 Å². The zero-order valence-corrected chi connectivity index (χ0v) is 9.95. The van der Waals surface area contributed by atoms with Gasteiger partial charge >= 0.3 is 0 Å². The summed E-state index contributed by atoms with van der Waals surface area (Å²) in [4.78, 5) is 15.6. The van der Waals surface area contributed by atoms with Crippen molar-refractivity contribution in [3.63, 3.8) is 0 Å². The average molecular weight is 269 g/mol. The van der Waals surface area contributed by atoms with Gasteiger partial charge in [0.25, 0.3) is 0 Å². The number of rotatable bonds is 3. The molecule has 0 spiro atoms. The number of aromatic nitrogens is 2. The van der Waals surface area contributed by atoms with E-state index in [0.717, 1.165) is 12.1 Å². The van der Waals surface area contributed by atoms with Crippen molar-refractivity contribution in [2.24, 2.45) is 7.05 Å². The second kappa shape index (κ2) is 5.13. The highest BCUT2D eigenvalue weighted by Gasteiger charge is 2.16. The Morgan fingerprint density at radius 3 is 2.68 bits per heavy atom. The van der Waals surface area contributed by atoms with Crippen molar-refractivity contribution in [2.75, 3.05) is 5.32 Å². The van der Waals surface area contributed by atoms with Gasteiger partial charge in [-0.25, -0.2) is 18.2 Å². The molecule has 7 heteroatoms. The second-order valence-corrected chi connectivity index (χ2v) is 3.90. The molecule has 0 aliphatic rings. The zero-order chi connectivity index (χ0) is 14.0. The molecule has 0 radical (unpaired) electrons. The van der Waals surface area contributed by atoms with Crippen LogP contribution in [0, 0.1) is 17.5 Å². The van der Waals surface area contributed by atoms with Crippen LogP contribution in [0.1, 0.15) is 5.82 Å². The first-order valence-corrected chi connectivity index (χ1v) is 5.38. The smallest absolute Gasteiger partial charge is 0.232 e. The van der Waals surface area contributed by atoms with E-state index < -0.39 is 29.0 Å². The van der Waals surface area contributed by atoms with Gasteiger partial charge in [0.1, 0.15) is 5.82 Å². The van der Waals surface area contributed by atoms with Crippen LogP contribution < -0.4 is 5.32 Å². The maximum Gasteiger partial charge on any atom is 0.232 e. The van der Waals surface area contributed by atoms with Crippen molar-refractivity contribution < 1.29 is 18.0 Å². The van der Waals surface area contributed by atoms with E-state index in [0.29, 0.717) is 5.82 Å². The van der Waals surface area contributed by atoms with Crippen LogP contribution in [-0.2, 0) is 18.3 Å². The SMILES string of the molecule is Cn1ccnc1CC(=O)Nc1ccc(F)c(F)c1F. The molecule has 0 bridgehead atoms. The quantitative estimate of drug-likeness (QED) is 0.866. The van der Waals surface area contributed by atoms with Crippen LogP contribution in [0.25, 0.3) is 0 Å². The predicted molar refractivity (Wildman–Crippen MR) is 61.9 cm³/mol. The highest BCUT2D eigenvalue weighted by molar-refractivity contribution is 5.91. The van der Waals surface area contributed by atoms with E-state index in [1.54, 1.807) is 17.8 Å². The first kappa shape index (κ1) is 13.1. The van der Waals surface area contributed by atoms with E-state index in [4.69, 9.17) is 0 Å². The molecule has 0 aliphatic heterocycles. The molecule has 2 aromatic rings. The van der Waals surface area contributed by atoms with Gasteiger partial charge in [0.2, 0.25) is 5.91 Å². The minimum Gasteiger partial charge on any atom is -0.338 e. The van der Waals surface area contributed by atoms with Crippen LogP contribution >= 0.6 is 0 Å². The molecule has 0 saturated carbocycles. The van der Waals surface area contributed by atoms with Gasteiger partial charge in [-0.3, -0.25) is 4.79 Å². The first-order valence-electron chi connectivity index (χ1n) is 5.38. The van der Waals surface area contributed by atoms with Crippen LogP contribution in [0.4, 0.5) is 18.9 Å². The number of imidazole rings is 1. The van der Waals surface area contributed by atoms with E-state index in [-0.39, 0.29) is 6.42 Å². The molecule has 1 aromatic heterocycles. The summed E-state index contributed by atoms with van der Waals surface area (Å²) in [6.07, 6.45) is 3.07. The molecule has 0 unspecified atom stereocenters. The number of benzene rings is 1. The molecule has 19 heavy (non-hydrogen) atoms. The maximum absolute atomic E-state index is 13.3. The van der Waals surface area contributed by atoms with Gasteiger partial charge in [-0.1, -0.05) is 0 Å². The Morgan fingerprint density at radius 2 is 2.05 bits per heavy atom. The lowest BCUT2D eigenvalue weighted by Gasteiger charge is -2.07. The van der Waals surface area contributed by atoms with E-state index in [2.05, 4.69) is 10.3 Å². The number of hydrogen-bond acceptors (Lipinski definition) is 2. The number of nitrogens with one attached hydrogen (secondary N) is 1. The third-order valence-electron chi connectivity index (χ3n) is 2.55. The van der Waals surface area contributed by atoms with Crippen molar-refractivity contribution in [1.29, 1.82) is 0 Å². The molecule has 1 N–H and O–H groups in total. The van der Waals surface area contributed by atoms with Crippen LogP contribution in [0.2, 0.25) is 0 Å². The standard InChI is InChI=1S/C12H10F3N3O/c1-18-5-4-16-9(18)6-10(19)17-8-3-2-7(13)11(14)12(8)15/h2-5H,6H2,1H3,(H,17,19). The monoisotopic (exact) mass is 269 g/mol. The summed E-state index contributed by atoms with van der Waals surface area (Å²) < 4.78 is 40.6. The summed E-state index contributed by atoms with van der Waals surface area (Å²) in [6, 6.07) is 1.71. The Kier molecular flexibility index (Phi) is 3.55. The highest BCUT2D eigenvalue weighted by Crippen LogP contribution is 2.19. The molecular formula is C12H10F3N3O. The molecule has 0 fully saturated rings. The van der Waals surface area contributed by atoms with E-state index >= 15 is 0 Å². The summed E-state index contributed by atoms with van der Waals surface area (Å²) >= 11 is 0. The van der Waals surface area contributed by atoms with Gasteiger partial charge in [-0.2, -0.15) is 0 Å². The lowest BCUT2D eigenvalue weighted by Crippen LogP contribution is -2.18. The van der Waals surface area contributed by atoms with Crippen LogP contribution in [0.3, 0.4) is 0 Å². The van der Waals surface area contributed by atoms with Crippen molar-refractivity contribution in [1.82, 2.24) is 9.55 Å². The van der Waals surface area contributed by atoms with Crippen molar-refractivity contribution in [3.05, 3.63) is 47.8 Å². The molecule has 1 heterocycles. The van der Waals surface area contributed by atoms with Gasteiger partial charge in [-0.15, -0.1) is 0 Å². The van der Waals surface area contributed by atoms with E-state index in [9.17, 15) is 18.0 Å². The third-order valence-corrected chi connectivity index (χ3v) is 2.55. The lowest BCUT2D eigenvalue weighted by atomic mass is 10.2. The summed E-state index contributed by atoms with van der Waals surface area (Å²) in [6.45, 7) is 0. The summed E-state index contributed by atoms with van der Waals surface area (Å²) in [5.41, 5.74) is -0.405. The van der Waals surface area contributed by atoms with Crippen molar-refractivity contribution >= 4 is 11.6 Å². The fraction of sp³-hybridized carbons (Fsp3) is 0.167. The predicted octanol–water partition coefficient (Wildman–Crippen LogP) is 2.02. The summed E-state index contributed by atoms with van der Waals surface area (Å²) in [5.74, 6) is -4.44. The number of amides is 1. The average Bonchev–Trinajstić information content (AvgIpc) is 2.76. The number of carbonyl (C=O) groups is 1. The summed E-state index contributed by atoms with van der Waals surface area (Å²) in [7, 11) is 1.70. The molecule has 1 amide bonds. The van der Waals surface area contributed by atoms with E-state index in [1.165, 1.54) is 6.20 Å². The zero-order valence-electron chi connectivity index (χ0n) is 9.95. The Hall–Kier alpha value is -2.31. The molecule has 0 saturated heterocycles. The van der Waals surface area contributed by atoms with Crippen molar-refractivity contribution in [2.45, 2.75) is 6.42 Å². The molecule has 1 aromatic carbocycles. The van der Waals surface area contributed by atoms with Crippen LogP contribution in [0.15, 0.2) is 24.5 Å². The number of anilines is 1. The Morgan fingerprint density at radius 1 is 1.32 bits per heavy atom. The normalized spacial score (nSPS) is 10.5. The number of aryl methyl sites for hydroxylation is 1. The van der Waals surface area contributed by atoms with E-state index in [1.807, 2.05) is 0 Å². The second-order valence-electron chi connectivity index (χ2n) is 3.90. The largest absolute Gasteiger partial charge is 0.338 e. The maximum atomic E-state index is 13.3. The number of halogens is 3. The van der Waals surface area contributed by atoms with Crippen LogP contribution in [0.5, 0.6) is 0 Å². The van der Waals surface area contributed by atoms with Gasteiger partial charge in [-0.05, 0) is 12.1 Å². The Bertz CT molecular complexity index is 625. The topological polar surface area (TPSA) is 46.9 Å². The van der Waals surface area contributed by atoms with Gasteiger partial charge < -0.3 is 9.88 Å². The fourth-order valence-corrected chi connectivity index (χ4v) is 1.53. The van der Waals surface area contributed by atoms with Crippen LogP contribution in [-0.4, -0.2) is 15.5 Å². The first-order chi connectivity index (χ1) is 8.99. The minimum absolute atomic E-state index is 0.0953. The van der Waals surface area contributed by atoms with Gasteiger partial charge in [0.05, 0.1) is 12.1 Å². The molecule has 4 nitrogen and oxygen atoms in total. The third kappa shape index (κ3) is 2.75. The van der Waals surface area contributed by atoms with Gasteiger partial charge in [0.15, 0.2) is 17.5 Å². The Balaban J connectivity index is 2.12. The summed E-state index contributed by atoms with van der Waals surface area (Å²) in [5, 5.41) is 2.17. The Labute approximate surface area is 106 Å². The minimum atomic E-state index is -1.62. The molecule has 2 rings (SSSR count). The molecule has 0 aliphatic carbocycles. The molecular weight excluding hydrogens is 259 g/mol. The molecule has 100 valence electrons. The lowest BCUT2D eigenvalue weighted by molar-refractivity contribution is -0.115. The fourth-order valence-electron chi connectivity index (χ4n) is 1.53. The molecule has 0 atom stereocenters. The van der Waals surface area contributed by atoms with Crippen molar-refractivity contribution in [3.8, 4) is 0 Å².